The molecule has 0 N–H and O–H groups in total. The maximum Gasteiger partial charge on any atom is 0.0594 e. The molecule has 3 nitrogen and oxygen atoms in total. The van der Waals surface area contributed by atoms with E-state index in [0.29, 0.717) is 0 Å². The number of hydrogen-bond acceptors (Lipinski definition) is 3. The van der Waals surface area contributed by atoms with Crippen molar-refractivity contribution >= 4 is 0 Å². The fourth-order valence-corrected chi connectivity index (χ4v) is 2.29. The third kappa shape index (κ3) is 5.28. The average molecular weight is 228 g/mol. The Bertz CT molecular complexity index is 134. The molecule has 0 amide bonds. The van der Waals surface area contributed by atoms with Crippen molar-refractivity contribution in [3.63, 3.8) is 0 Å². The lowest BCUT2D eigenvalue weighted by molar-refractivity contribution is 0.0324. The first-order valence-electron chi connectivity index (χ1n) is 6.97. The van der Waals surface area contributed by atoms with Gasteiger partial charge in [-0.1, -0.05) is 20.3 Å². The van der Waals surface area contributed by atoms with E-state index in [1.54, 1.807) is 0 Å². The van der Waals surface area contributed by atoms with Gasteiger partial charge in [0, 0.05) is 26.2 Å². The summed E-state index contributed by atoms with van der Waals surface area (Å²) >= 11 is 0. The summed E-state index contributed by atoms with van der Waals surface area (Å²) in [5.74, 6) is 0. The molecule has 0 atom stereocenters. The first-order chi connectivity index (χ1) is 7.95. The van der Waals surface area contributed by atoms with Crippen molar-refractivity contribution in [2.24, 2.45) is 0 Å². The molecule has 16 heavy (non-hydrogen) atoms. The van der Waals surface area contributed by atoms with Crippen LogP contribution in [0.25, 0.3) is 0 Å². The van der Waals surface area contributed by atoms with Crippen molar-refractivity contribution in [1.29, 1.82) is 0 Å². The van der Waals surface area contributed by atoms with E-state index in [4.69, 9.17) is 4.74 Å². The lowest BCUT2D eigenvalue weighted by atomic mass is 10.1. The summed E-state index contributed by atoms with van der Waals surface area (Å²) in [7, 11) is 0. The number of piperidine rings is 1. The van der Waals surface area contributed by atoms with Crippen LogP contribution in [0.4, 0.5) is 0 Å². The van der Waals surface area contributed by atoms with Gasteiger partial charge < -0.3 is 9.64 Å². The molecule has 3 heteroatoms. The van der Waals surface area contributed by atoms with Crippen LogP contribution in [0.2, 0.25) is 0 Å². The average Bonchev–Trinajstić information content (AvgIpc) is 2.41. The highest BCUT2D eigenvalue weighted by Gasteiger charge is 2.13. The standard InChI is InChI=1S/C11H22N2O.C2H6/c1-2-4-12(5-3-1)6-7-13-8-10-14-11-9-13;1-2/h1-11H2;1-2H3. The quantitative estimate of drug-likeness (QED) is 0.733. The fraction of sp³-hybridized carbons (Fsp3) is 1.00. The molecule has 2 saturated heterocycles. The predicted molar refractivity (Wildman–Crippen MR) is 68.9 cm³/mol. The van der Waals surface area contributed by atoms with E-state index in [2.05, 4.69) is 9.80 Å². The van der Waals surface area contributed by atoms with Crippen molar-refractivity contribution in [3.05, 3.63) is 0 Å². The SMILES string of the molecule is C1CCN(CCN2CCOCC2)CC1.CC. The van der Waals surface area contributed by atoms with Crippen molar-refractivity contribution in [2.45, 2.75) is 33.1 Å². The van der Waals surface area contributed by atoms with Gasteiger partial charge in [-0.05, 0) is 25.9 Å². The van der Waals surface area contributed by atoms with Crippen molar-refractivity contribution in [2.75, 3.05) is 52.5 Å². The Morgan fingerprint density at radius 2 is 1.25 bits per heavy atom. The highest BCUT2D eigenvalue weighted by atomic mass is 16.5. The molecule has 2 aliphatic heterocycles. The zero-order valence-electron chi connectivity index (χ0n) is 11.1. The molecule has 2 rings (SSSR count). The monoisotopic (exact) mass is 228 g/mol. The third-order valence-electron chi connectivity index (χ3n) is 3.28. The molecule has 2 heterocycles. The molecular formula is C13H28N2O. The molecule has 0 spiro atoms. The van der Waals surface area contributed by atoms with Gasteiger partial charge in [-0.15, -0.1) is 0 Å². The normalized spacial score (nSPS) is 23.6. The van der Waals surface area contributed by atoms with Crippen LogP contribution < -0.4 is 0 Å². The molecule has 0 aromatic rings. The van der Waals surface area contributed by atoms with E-state index in [-0.39, 0.29) is 0 Å². The number of nitrogens with zero attached hydrogens (tertiary/aromatic N) is 2. The van der Waals surface area contributed by atoms with Crippen LogP contribution in [0.3, 0.4) is 0 Å². The van der Waals surface area contributed by atoms with E-state index in [0.717, 1.165) is 26.3 Å². The minimum Gasteiger partial charge on any atom is -0.379 e. The van der Waals surface area contributed by atoms with Gasteiger partial charge in [-0.3, -0.25) is 4.90 Å². The highest BCUT2D eigenvalue weighted by molar-refractivity contribution is 4.68. The first kappa shape index (κ1) is 13.9. The van der Waals surface area contributed by atoms with Crippen LogP contribution >= 0.6 is 0 Å². The molecule has 0 aromatic heterocycles. The smallest absolute Gasteiger partial charge is 0.0594 e. The summed E-state index contributed by atoms with van der Waals surface area (Å²) in [5.41, 5.74) is 0. The molecule has 0 saturated carbocycles. The van der Waals surface area contributed by atoms with E-state index in [1.165, 1.54) is 45.4 Å². The Labute approximate surface area is 101 Å². The second kappa shape index (κ2) is 8.97. The maximum atomic E-state index is 5.34. The Morgan fingerprint density at radius 1 is 0.750 bits per heavy atom. The summed E-state index contributed by atoms with van der Waals surface area (Å²) in [5, 5.41) is 0. The minimum absolute atomic E-state index is 0.931. The first-order valence-corrected chi connectivity index (χ1v) is 6.97. The highest BCUT2D eigenvalue weighted by Crippen LogP contribution is 2.08. The van der Waals surface area contributed by atoms with E-state index < -0.39 is 0 Å². The van der Waals surface area contributed by atoms with Crippen molar-refractivity contribution in [1.82, 2.24) is 9.80 Å². The van der Waals surface area contributed by atoms with E-state index >= 15 is 0 Å². The molecule has 2 aliphatic rings. The van der Waals surface area contributed by atoms with Crippen molar-refractivity contribution < 1.29 is 4.74 Å². The number of likely N-dealkylation sites (tertiary alicyclic amines) is 1. The lowest BCUT2D eigenvalue weighted by Crippen LogP contribution is -2.42. The van der Waals surface area contributed by atoms with Crippen LogP contribution in [0, 0.1) is 0 Å². The molecule has 96 valence electrons. The topological polar surface area (TPSA) is 15.7 Å². The third-order valence-corrected chi connectivity index (χ3v) is 3.28. The van der Waals surface area contributed by atoms with Crippen LogP contribution in [0.5, 0.6) is 0 Å². The molecule has 0 bridgehead atoms. The molecule has 0 aliphatic carbocycles. The summed E-state index contributed by atoms with van der Waals surface area (Å²) in [6.07, 6.45) is 4.25. The Morgan fingerprint density at radius 3 is 1.81 bits per heavy atom. The van der Waals surface area contributed by atoms with Gasteiger partial charge in [-0.2, -0.15) is 0 Å². The predicted octanol–water partition coefficient (Wildman–Crippen LogP) is 1.83. The molecular weight excluding hydrogens is 200 g/mol. The zero-order chi connectivity index (χ0) is 11.6. The second-order valence-electron chi connectivity index (χ2n) is 4.36. The van der Waals surface area contributed by atoms with E-state index in [1.807, 2.05) is 13.8 Å². The summed E-state index contributed by atoms with van der Waals surface area (Å²) < 4.78 is 5.34. The number of rotatable bonds is 3. The van der Waals surface area contributed by atoms with Gasteiger partial charge in [0.25, 0.3) is 0 Å². The molecule has 0 unspecified atom stereocenters. The van der Waals surface area contributed by atoms with Gasteiger partial charge >= 0.3 is 0 Å². The molecule has 0 radical (unpaired) electrons. The molecule has 0 aromatic carbocycles. The fourth-order valence-electron chi connectivity index (χ4n) is 2.29. The Kier molecular flexibility index (Phi) is 7.81. The Hall–Kier alpha value is -0.120. The zero-order valence-corrected chi connectivity index (χ0v) is 11.1. The Balaban J connectivity index is 0.000000606. The number of ether oxygens (including phenoxy) is 1. The largest absolute Gasteiger partial charge is 0.379 e. The van der Waals surface area contributed by atoms with Crippen LogP contribution in [-0.2, 0) is 4.74 Å². The summed E-state index contributed by atoms with van der Waals surface area (Å²) in [4.78, 5) is 5.14. The second-order valence-corrected chi connectivity index (χ2v) is 4.36. The maximum absolute atomic E-state index is 5.34. The number of hydrogen-bond donors (Lipinski definition) is 0. The van der Waals surface area contributed by atoms with Gasteiger partial charge in [0.1, 0.15) is 0 Å². The van der Waals surface area contributed by atoms with Gasteiger partial charge in [0.05, 0.1) is 13.2 Å². The van der Waals surface area contributed by atoms with Gasteiger partial charge in [0.2, 0.25) is 0 Å². The van der Waals surface area contributed by atoms with Crippen LogP contribution in [0.1, 0.15) is 33.1 Å². The lowest BCUT2D eigenvalue weighted by Gasteiger charge is -2.31. The minimum atomic E-state index is 0.931. The summed E-state index contributed by atoms with van der Waals surface area (Å²) in [6.45, 7) is 13.3. The van der Waals surface area contributed by atoms with Crippen molar-refractivity contribution in [3.8, 4) is 0 Å². The van der Waals surface area contributed by atoms with Gasteiger partial charge in [0.15, 0.2) is 0 Å². The van der Waals surface area contributed by atoms with Gasteiger partial charge in [-0.25, -0.2) is 0 Å². The molecule has 2 fully saturated rings. The van der Waals surface area contributed by atoms with Crippen LogP contribution in [-0.4, -0.2) is 62.3 Å². The van der Waals surface area contributed by atoms with E-state index in [9.17, 15) is 0 Å². The number of morpholine rings is 1. The summed E-state index contributed by atoms with van der Waals surface area (Å²) in [6, 6.07) is 0. The van der Waals surface area contributed by atoms with Crippen LogP contribution in [0.15, 0.2) is 0 Å².